The van der Waals surface area contributed by atoms with Crippen LogP contribution in [0.15, 0.2) is 23.1 Å². The molecule has 0 fully saturated rings. The van der Waals surface area contributed by atoms with E-state index in [-0.39, 0.29) is 22.3 Å². The van der Waals surface area contributed by atoms with E-state index in [1.54, 1.807) is 13.8 Å². The normalized spacial score (nSPS) is 11.6. The Bertz CT molecular complexity index is 534. The third-order valence-corrected chi connectivity index (χ3v) is 3.58. The molecule has 0 aliphatic rings. The first kappa shape index (κ1) is 14.0. The number of hydrogen-bond acceptors (Lipinski definition) is 4. The van der Waals surface area contributed by atoms with Crippen molar-refractivity contribution in [1.82, 2.24) is 0 Å². The molecule has 0 saturated heterocycles. The number of ketones is 1. The maximum atomic E-state index is 11.7. The van der Waals surface area contributed by atoms with Gasteiger partial charge in [0, 0.05) is 22.2 Å². The van der Waals surface area contributed by atoms with E-state index in [4.69, 9.17) is 15.4 Å². The Labute approximate surface area is 105 Å². The van der Waals surface area contributed by atoms with Crippen LogP contribution in [0.1, 0.15) is 24.2 Å². The van der Waals surface area contributed by atoms with Crippen LogP contribution in [0.25, 0.3) is 0 Å². The minimum Gasteiger partial charge on any atom is -0.495 e. The summed E-state index contributed by atoms with van der Waals surface area (Å²) in [6.45, 7) is 3.48. The zero-order valence-corrected chi connectivity index (χ0v) is 11.3. The summed E-state index contributed by atoms with van der Waals surface area (Å²) in [5.41, 5.74) is 0.306. The van der Waals surface area contributed by atoms with Crippen LogP contribution in [0.3, 0.4) is 0 Å². The fourth-order valence-electron chi connectivity index (χ4n) is 1.35. The van der Waals surface area contributed by atoms with Gasteiger partial charge in [-0.15, -0.1) is 0 Å². The molecule has 17 heavy (non-hydrogen) atoms. The van der Waals surface area contributed by atoms with Crippen LogP contribution >= 0.6 is 10.7 Å². The largest absolute Gasteiger partial charge is 0.495 e. The molecular weight excluding hydrogens is 264 g/mol. The number of ether oxygens (including phenoxy) is 1. The minimum absolute atomic E-state index is 0.125. The lowest BCUT2D eigenvalue weighted by molar-refractivity contribution is 0.0939. The molecule has 0 aliphatic heterocycles. The van der Waals surface area contributed by atoms with Gasteiger partial charge in [0.05, 0.1) is 7.11 Å². The van der Waals surface area contributed by atoms with Crippen LogP contribution in [0.4, 0.5) is 0 Å². The van der Waals surface area contributed by atoms with Gasteiger partial charge in [-0.1, -0.05) is 13.8 Å². The summed E-state index contributed by atoms with van der Waals surface area (Å²) in [6.07, 6.45) is 0. The number of benzene rings is 1. The first-order valence-corrected chi connectivity index (χ1v) is 7.25. The highest BCUT2D eigenvalue weighted by Gasteiger charge is 2.20. The topological polar surface area (TPSA) is 60.4 Å². The van der Waals surface area contributed by atoms with Crippen LogP contribution in [0.2, 0.25) is 0 Å². The van der Waals surface area contributed by atoms with E-state index in [1.807, 2.05) is 0 Å². The summed E-state index contributed by atoms with van der Waals surface area (Å²) in [7, 11) is 2.69. The average molecular weight is 277 g/mol. The second kappa shape index (κ2) is 5.06. The van der Waals surface area contributed by atoms with Gasteiger partial charge in [-0.05, 0) is 18.2 Å². The van der Waals surface area contributed by atoms with Gasteiger partial charge in [0.1, 0.15) is 10.6 Å². The van der Waals surface area contributed by atoms with Crippen molar-refractivity contribution < 1.29 is 17.9 Å². The standard InChI is InChI=1S/C11H13ClO4S/c1-7(2)11(13)8-4-5-9(16-3)10(6-8)17(12,14)15/h4-7H,1-3H3. The van der Waals surface area contributed by atoms with Gasteiger partial charge in [-0.2, -0.15) is 0 Å². The molecule has 4 nitrogen and oxygen atoms in total. The Kier molecular flexibility index (Phi) is 4.16. The van der Waals surface area contributed by atoms with Gasteiger partial charge >= 0.3 is 0 Å². The maximum absolute atomic E-state index is 11.7. The molecule has 0 aromatic heterocycles. The molecule has 0 radical (unpaired) electrons. The Morgan fingerprint density at radius 2 is 1.94 bits per heavy atom. The second-order valence-corrected chi connectivity index (χ2v) is 6.36. The zero-order valence-electron chi connectivity index (χ0n) is 9.73. The molecule has 1 aromatic rings. The number of rotatable bonds is 4. The van der Waals surface area contributed by atoms with E-state index in [2.05, 4.69) is 0 Å². The molecule has 0 N–H and O–H groups in total. The highest BCUT2D eigenvalue weighted by molar-refractivity contribution is 8.13. The molecule has 0 atom stereocenters. The molecule has 6 heteroatoms. The Hall–Kier alpha value is -1.07. The average Bonchev–Trinajstić information content (AvgIpc) is 2.25. The summed E-state index contributed by atoms with van der Waals surface area (Å²) < 4.78 is 27.6. The minimum atomic E-state index is -3.93. The summed E-state index contributed by atoms with van der Waals surface area (Å²) in [5, 5.41) is 0. The molecule has 0 heterocycles. The molecule has 94 valence electrons. The van der Waals surface area contributed by atoms with Crippen molar-refractivity contribution in [3.63, 3.8) is 0 Å². The third kappa shape index (κ3) is 3.20. The van der Waals surface area contributed by atoms with Crippen molar-refractivity contribution in [2.75, 3.05) is 7.11 Å². The second-order valence-electron chi connectivity index (χ2n) is 3.82. The smallest absolute Gasteiger partial charge is 0.265 e. The fraction of sp³-hybridized carbons (Fsp3) is 0.364. The highest BCUT2D eigenvalue weighted by atomic mass is 35.7. The van der Waals surface area contributed by atoms with E-state index >= 15 is 0 Å². The fourth-order valence-corrected chi connectivity index (χ4v) is 2.38. The quantitative estimate of drug-likeness (QED) is 0.626. The highest BCUT2D eigenvalue weighted by Crippen LogP contribution is 2.28. The maximum Gasteiger partial charge on any atom is 0.265 e. The van der Waals surface area contributed by atoms with Crippen LogP contribution < -0.4 is 4.74 Å². The van der Waals surface area contributed by atoms with Crippen molar-refractivity contribution in [3.8, 4) is 5.75 Å². The van der Waals surface area contributed by atoms with Gasteiger partial charge in [0.25, 0.3) is 9.05 Å². The van der Waals surface area contributed by atoms with Crippen molar-refractivity contribution in [2.45, 2.75) is 18.7 Å². The zero-order chi connectivity index (χ0) is 13.2. The first-order valence-electron chi connectivity index (χ1n) is 4.94. The van der Waals surface area contributed by atoms with Crippen LogP contribution in [0, 0.1) is 5.92 Å². The van der Waals surface area contributed by atoms with Gasteiger partial charge in [0.15, 0.2) is 5.78 Å². The third-order valence-electron chi connectivity index (χ3n) is 2.24. The number of carbonyl (C=O) groups excluding carboxylic acids is 1. The molecular formula is C11H13ClO4S. The lowest BCUT2D eigenvalue weighted by Gasteiger charge is -2.09. The number of methoxy groups -OCH3 is 1. The number of halogens is 1. The van der Waals surface area contributed by atoms with E-state index in [1.165, 1.54) is 25.3 Å². The molecule has 1 aromatic carbocycles. The molecule has 0 aliphatic carbocycles. The van der Waals surface area contributed by atoms with Crippen molar-refractivity contribution >= 4 is 25.5 Å². The Morgan fingerprint density at radius 1 is 1.35 bits per heavy atom. The lowest BCUT2D eigenvalue weighted by Crippen LogP contribution is -2.08. The van der Waals surface area contributed by atoms with E-state index in [9.17, 15) is 13.2 Å². The predicted octanol–water partition coefficient (Wildman–Crippen LogP) is 2.46. The number of carbonyl (C=O) groups is 1. The van der Waals surface area contributed by atoms with Gasteiger partial charge in [-0.25, -0.2) is 8.42 Å². The van der Waals surface area contributed by atoms with Gasteiger partial charge in [0.2, 0.25) is 0 Å². The van der Waals surface area contributed by atoms with Crippen LogP contribution in [-0.2, 0) is 9.05 Å². The molecule has 0 bridgehead atoms. The van der Waals surface area contributed by atoms with Gasteiger partial charge in [-0.3, -0.25) is 4.79 Å². The van der Waals surface area contributed by atoms with Crippen molar-refractivity contribution in [3.05, 3.63) is 23.8 Å². The van der Waals surface area contributed by atoms with E-state index in [0.717, 1.165) is 0 Å². The van der Waals surface area contributed by atoms with Crippen molar-refractivity contribution in [2.24, 2.45) is 5.92 Å². The summed E-state index contributed by atoms with van der Waals surface area (Å²) in [5.74, 6) is -0.233. The monoisotopic (exact) mass is 276 g/mol. The Balaban J connectivity index is 3.38. The molecule has 1 rings (SSSR count). The molecule has 0 spiro atoms. The van der Waals surface area contributed by atoms with Crippen LogP contribution in [-0.4, -0.2) is 21.3 Å². The lowest BCUT2D eigenvalue weighted by atomic mass is 10.0. The molecule has 0 unspecified atom stereocenters. The molecule has 0 saturated carbocycles. The van der Waals surface area contributed by atoms with E-state index in [0.29, 0.717) is 5.56 Å². The predicted molar refractivity (Wildman–Crippen MR) is 65.2 cm³/mol. The van der Waals surface area contributed by atoms with E-state index < -0.39 is 9.05 Å². The SMILES string of the molecule is COc1ccc(C(=O)C(C)C)cc1S(=O)(=O)Cl. The van der Waals surface area contributed by atoms with Gasteiger partial charge < -0.3 is 4.74 Å². The Morgan fingerprint density at radius 3 is 2.35 bits per heavy atom. The first-order chi connectivity index (χ1) is 7.77. The van der Waals surface area contributed by atoms with Crippen LogP contribution in [0.5, 0.6) is 5.75 Å². The number of hydrogen-bond donors (Lipinski definition) is 0. The molecule has 0 amide bonds. The summed E-state index contributed by atoms with van der Waals surface area (Å²) >= 11 is 0. The van der Waals surface area contributed by atoms with Crippen molar-refractivity contribution in [1.29, 1.82) is 0 Å². The number of Topliss-reactive ketones (excluding diaryl/α,β-unsaturated/α-hetero) is 1. The summed E-state index contributed by atoms with van der Waals surface area (Å²) in [6, 6.07) is 4.18. The summed E-state index contributed by atoms with van der Waals surface area (Å²) in [4.78, 5) is 11.6.